The van der Waals surface area contributed by atoms with E-state index in [-0.39, 0.29) is 24.7 Å². The van der Waals surface area contributed by atoms with E-state index in [1.54, 1.807) is 0 Å². The molecule has 0 aromatic heterocycles. The third kappa shape index (κ3) is 2.16. The van der Waals surface area contributed by atoms with Crippen LogP contribution in [0.1, 0.15) is 26.7 Å². The van der Waals surface area contributed by atoms with E-state index in [1.807, 2.05) is 4.90 Å². The van der Waals surface area contributed by atoms with Crippen molar-refractivity contribution in [3.05, 3.63) is 0 Å². The summed E-state index contributed by atoms with van der Waals surface area (Å²) in [6.07, 6.45) is 2.49. The number of hydrogen-bond acceptors (Lipinski definition) is 3. The van der Waals surface area contributed by atoms with Crippen molar-refractivity contribution in [2.75, 3.05) is 19.8 Å². The van der Waals surface area contributed by atoms with Crippen LogP contribution in [0.25, 0.3) is 0 Å². The summed E-state index contributed by atoms with van der Waals surface area (Å²) < 4.78 is 5.33. The highest BCUT2D eigenvalue weighted by Gasteiger charge is 2.36. The van der Waals surface area contributed by atoms with Crippen molar-refractivity contribution in [3.8, 4) is 0 Å². The van der Waals surface area contributed by atoms with Gasteiger partial charge in [-0.05, 0) is 25.3 Å². The fraction of sp³-hybridized carbons (Fsp3) is 0.909. The largest absolute Gasteiger partial charge is 0.369 e. The Bertz CT molecular complexity index is 237. The molecule has 2 aliphatic heterocycles. The summed E-state index contributed by atoms with van der Waals surface area (Å²) in [5.41, 5.74) is 0. The van der Waals surface area contributed by atoms with E-state index >= 15 is 0 Å². The Morgan fingerprint density at radius 2 is 2.33 bits per heavy atom. The standard InChI is InChI=1S/C11H20N2O2/c1-8(2)9-6-15-7-11(14)13(9)10-4-3-5-12-10/h8-10,12H,3-7H2,1-2H3. The quantitative estimate of drug-likeness (QED) is 0.728. The van der Waals surface area contributed by atoms with Gasteiger partial charge >= 0.3 is 0 Å². The monoisotopic (exact) mass is 212 g/mol. The van der Waals surface area contributed by atoms with E-state index < -0.39 is 0 Å². The molecule has 0 radical (unpaired) electrons. The number of carbonyl (C=O) groups excluding carboxylic acids is 1. The van der Waals surface area contributed by atoms with E-state index in [1.165, 1.54) is 6.42 Å². The van der Waals surface area contributed by atoms with Crippen LogP contribution < -0.4 is 5.32 Å². The molecule has 0 aromatic carbocycles. The summed E-state index contributed by atoms with van der Waals surface area (Å²) in [7, 11) is 0. The maximum Gasteiger partial charge on any atom is 0.250 e. The lowest BCUT2D eigenvalue weighted by Crippen LogP contribution is -2.58. The molecule has 2 atom stereocenters. The van der Waals surface area contributed by atoms with Gasteiger partial charge in [0, 0.05) is 0 Å². The Labute approximate surface area is 91.0 Å². The van der Waals surface area contributed by atoms with Gasteiger partial charge in [-0.1, -0.05) is 13.8 Å². The number of carbonyl (C=O) groups is 1. The first kappa shape index (κ1) is 10.9. The highest BCUT2D eigenvalue weighted by molar-refractivity contribution is 5.78. The normalized spacial score (nSPS) is 32.7. The van der Waals surface area contributed by atoms with Gasteiger partial charge < -0.3 is 9.64 Å². The summed E-state index contributed by atoms with van der Waals surface area (Å²) in [5.74, 6) is 0.594. The third-order valence-electron chi connectivity index (χ3n) is 3.30. The maximum atomic E-state index is 11.9. The van der Waals surface area contributed by atoms with Gasteiger partial charge in [0.25, 0.3) is 0 Å². The van der Waals surface area contributed by atoms with Crippen LogP contribution in [0.2, 0.25) is 0 Å². The van der Waals surface area contributed by atoms with Crippen LogP contribution in [0.5, 0.6) is 0 Å². The summed E-state index contributed by atoms with van der Waals surface area (Å²) in [6.45, 7) is 6.26. The highest BCUT2D eigenvalue weighted by atomic mass is 16.5. The zero-order valence-electron chi connectivity index (χ0n) is 9.53. The zero-order valence-corrected chi connectivity index (χ0v) is 9.53. The highest BCUT2D eigenvalue weighted by Crippen LogP contribution is 2.22. The van der Waals surface area contributed by atoms with Gasteiger partial charge in [-0.2, -0.15) is 0 Å². The average Bonchev–Trinajstić information content (AvgIpc) is 2.70. The molecule has 1 amide bonds. The molecule has 0 saturated carbocycles. The molecular formula is C11H20N2O2. The second-order valence-corrected chi connectivity index (χ2v) is 4.74. The Balaban J connectivity index is 2.10. The molecule has 4 nitrogen and oxygen atoms in total. The number of nitrogens with one attached hydrogen (secondary N) is 1. The van der Waals surface area contributed by atoms with Gasteiger partial charge in [0.15, 0.2) is 0 Å². The topological polar surface area (TPSA) is 41.6 Å². The number of hydrogen-bond donors (Lipinski definition) is 1. The molecule has 2 fully saturated rings. The van der Waals surface area contributed by atoms with Crippen LogP contribution in [0.4, 0.5) is 0 Å². The molecule has 15 heavy (non-hydrogen) atoms. The predicted octanol–water partition coefficient (Wildman–Crippen LogP) is 0.579. The number of morpholine rings is 1. The van der Waals surface area contributed by atoms with Gasteiger partial charge in [0.2, 0.25) is 5.91 Å². The second-order valence-electron chi connectivity index (χ2n) is 4.74. The molecule has 2 unspecified atom stereocenters. The molecule has 0 aromatic rings. The van der Waals surface area contributed by atoms with E-state index in [2.05, 4.69) is 19.2 Å². The van der Waals surface area contributed by atoms with Crippen molar-refractivity contribution in [1.29, 1.82) is 0 Å². The summed E-state index contributed by atoms with van der Waals surface area (Å²) in [5, 5.41) is 3.39. The first-order valence-electron chi connectivity index (χ1n) is 5.82. The van der Waals surface area contributed by atoms with Crippen molar-refractivity contribution in [2.24, 2.45) is 5.92 Å². The zero-order chi connectivity index (χ0) is 10.8. The number of amides is 1. The van der Waals surface area contributed by atoms with Crippen LogP contribution in [-0.4, -0.2) is 42.8 Å². The smallest absolute Gasteiger partial charge is 0.250 e. The number of nitrogens with zero attached hydrogens (tertiary/aromatic N) is 1. The van der Waals surface area contributed by atoms with E-state index in [0.717, 1.165) is 13.0 Å². The van der Waals surface area contributed by atoms with Crippen molar-refractivity contribution >= 4 is 5.91 Å². The van der Waals surface area contributed by atoms with Crippen molar-refractivity contribution in [2.45, 2.75) is 38.9 Å². The second kappa shape index (κ2) is 4.49. The van der Waals surface area contributed by atoms with Crippen LogP contribution in [0.15, 0.2) is 0 Å². The summed E-state index contributed by atoms with van der Waals surface area (Å²) >= 11 is 0. The van der Waals surface area contributed by atoms with E-state index in [4.69, 9.17) is 4.74 Å². The lowest BCUT2D eigenvalue weighted by atomic mass is 10.0. The van der Waals surface area contributed by atoms with Gasteiger partial charge in [0.1, 0.15) is 6.61 Å². The molecular weight excluding hydrogens is 192 g/mol. The molecule has 0 aliphatic carbocycles. The Hall–Kier alpha value is -0.610. The number of rotatable bonds is 2. The molecule has 86 valence electrons. The van der Waals surface area contributed by atoms with Gasteiger partial charge in [0.05, 0.1) is 18.8 Å². The van der Waals surface area contributed by atoms with Crippen molar-refractivity contribution in [3.63, 3.8) is 0 Å². The minimum atomic E-state index is 0.138. The minimum Gasteiger partial charge on any atom is -0.369 e. The maximum absolute atomic E-state index is 11.9. The van der Waals surface area contributed by atoms with E-state index in [0.29, 0.717) is 12.5 Å². The lowest BCUT2D eigenvalue weighted by molar-refractivity contribution is -0.154. The molecule has 0 spiro atoms. The fourth-order valence-electron chi connectivity index (χ4n) is 2.43. The van der Waals surface area contributed by atoms with Crippen LogP contribution >= 0.6 is 0 Å². The average molecular weight is 212 g/mol. The van der Waals surface area contributed by atoms with E-state index in [9.17, 15) is 4.79 Å². The molecule has 2 aliphatic rings. The Morgan fingerprint density at radius 1 is 1.53 bits per heavy atom. The van der Waals surface area contributed by atoms with Crippen LogP contribution in [0, 0.1) is 5.92 Å². The SMILES string of the molecule is CC(C)C1COCC(=O)N1C1CCCN1. The minimum absolute atomic E-state index is 0.138. The van der Waals surface area contributed by atoms with Gasteiger partial charge in [-0.25, -0.2) is 0 Å². The van der Waals surface area contributed by atoms with Crippen molar-refractivity contribution < 1.29 is 9.53 Å². The van der Waals surface area contributed by atoms with Gasteiger partial charge in [-0.3, -0.25) is 10.1 Å². The lowest BCUT2D eigenvalue weighted by Gasteiger charge is -2.41. The summed E-state index contributed by atoms with van der Waals surface area (Å²) in [4.78, 5) is 13.9. The van der Waals surface area contributed by atoms with Crippen molar-refractivity contribution in [1.82, 2.24) is 10.2 Å². The number of ether oxygens (including phenoxy) is 1. The van der Waals surface area contributed by atoms with Crippen LogP contribution in [0.3, 0.4) is 0 Å². The molecule has 1 N–H and O–H groups in total. The predicted molar refractivity (Wildman–Crippen MR) is 57.3 cm³/mol. The molecule has 2 rings (SSSR count). The summed E-state index contributed by atoms with van der Waals surface area (Å²) in [6, 6.07) is 0.238. The molecule has 4 heteroatoms. The van der Waals surface area contributed by atoms with Crippen LogP contribution in [-0.2, 0) is 9.53 Å². The third-order valence-corrected chi connectivity index (χ3v) is 3.30. The first-order chi connectivity index (χ1) is 7.20. The molecule has 2 saturated heterocycles. The molecule has 2 heterocycles. The Kier molecular flexibility index (Phi) is 3.26. The fourth-order valence-corrected chi connectivity index (χ4v) is 2.43. The molecule has 0 bridgehead atoms. The van der Waals surface area contributed by atoms with Gasteiger partial charge in [-0.15, -0.1) is 0 Å². The first-order valence-corrected chi connectivity index (χ1v) is 5.82. The Morgan fingerprint density at radius 3 is 2.93 bits per heavy atom.